The van der Waals surface area contributed by atoms with Gasteiger partial charge in [0, 0.05) is 36.8 Å². The first kappa shape index (κ1) is 22.4. The lowest BCUT2D eigenvalue weighted by Gasteiger charge is -2.26. The molecule has 30 heavy (non-hydrogen) atoms. The molecule has 0 atom stereocenters. The molecule has 0 bridgehead atoms. The third-order valence-corrected chi connectivity index (χ3v) is 6.04. The van der Waals surface area contributed by atoms with Gasteiger partial charge in [-0.05, 0) is 51.0 Å². The van der Waals surface area contributed by atoms with Gasteiger partial charge in [0.25, 0.3) is 11.8 Å². The summed E-state index contributed by atoms with van der Waals surface area (Å²) in [6.45, 7) is 4.90. The van der Waals surface area contributed by atoms with Gasteiger partial charge < -0.3 is 19.9 Å². The van der Waals surface area contributed by atoms with E-state index < -0.39 is 0 Å². The minimum Gasteiger partial charge on any atom is -0.383 e. The van der Waals surface area contributed by atoms with Gasteiger partial charge in [-0.2, -0.15) is 0 Å². The van der Waals surface area contributed by atoms with Crippen molar-refractivity contribution in [3.63, 3.8) is 0 Å². The molecule has 2 amide bonds. The average Bonchev–Trinajstić information content (AvgIpc) is 3.03. The quantitative estimate of drug-likeness (QED) is 0.613. The van der Waals surface area contributed by atoms with Crippen molar-refractivity contribution >= 4 is 29.1 Å². The van der Waals surface area contributed by atoms with Gasteiger partial charge in [0.1, 0.15) is 0 Å². The van der Waals surface area contributed by atoms with Crippen LogP contribution < -0.4 is 10.6 Å². The third-order valence-electron chi connectivity index (χ3n) is 5.73. The SMILES string of the molecule is COCCNC(=O)c1ccc(NC(=O)c2cc(C)n(C3CCCCC3)c2C)cc1Cl. The Hall–Kier alpha value is -2.31. The first-order valence-corrected chi connectivity index (χ1v) is 10.9. The van der Waals surface area contributed by atoms with E-state index in [0.717, 1.165) is 11.4 Å². The maximum atomic E-state index is 12.9. The lowest BCUT2D eigenvalue weighted by Crippen LogP contribution is -2.27. The number of carbonyl (C=O) groups is 2. The molecule has 2 N–H and O–H groups in total. The van der Waals surface area contributed by atoms with Crippen molar-refractivity contribution in [2.45, 2.75) is 52.0 Å². The molecule has 0 aliphatic heterocycles. The summed E-state index contributed by atoms with van der Waals surface area (Å²) in [4.78, 5) is 25.1. The maximum Gasteiger partial charge on any atom is 0.257 e. The molecule has 1 fully saturated rings. The minimum absolute atomic E-state index is 0.168. The molecule has 0 saturated heterocycles. The smallest absolute Gasteiger partial charge is 0.257 e. The van der Waals surface area contributed by atoms with E-state index in [1.54, 1.807) is 25.3 Å². The maximum absolute atomic E-state index is 12.9. The molecule has 0 unspecified atom stereocenters. The number of amides is 2. The standard InChI is InChI=1S/C23H30ClN3O3/c1-15-13-20(16(2)27(15)18-7-5-4-6-8-18)23(29)26-17-9-10-19(21(24)14-17)22(28)25-11-12-30-3/h9-10,13-14,18H,4-8,11-12H2,1-3H3,(H,25,28)(H,26,29). The van der Waals surface area contributed by atoms with Crippen molar-refractivity contribution in [1.29, 1.82) is 0 Å². The van der Waals surface area contributed by atoms with E-state index in [2.05, 4.69) is 22.1 Å². The molecule has 0 spiro atoms. The lowest BCUT2D eigenvalue weighted by molar-refractivity contribution is 0.0936. The van der Waals surface area contributed by atoms with Crippen LogP contribution in [0.25, 0.3) is 0 Å². The number of nitrogens with one attached hydrogen (secondary N) is 2. The summed E-state index contributed by atoms with van der Waals surface area (Å²) < 4.78 is 7.24. The summed E-state index contributed by atoms with van der Waals surface area (Å²) in [5.74, 6) is -0.440. The molecule has 1 aromatic carbocycles. The van der Waals surface area contributed by atoms with Gasteiger partial charge in [-0.1, -0.05) is 30.9 Å². The molecule has 1 aliphatic carbocycles. The van der Waals surface area contributed by atoms with Gasteiger partial charge >= 0.3 is 0 Å². The highest BCUT2D eigenvalue weighted by Gasteiger charge is 2.23. The number of aromatic nitrogens is 1. The lowest BCUT2D eigenvalue weighted by atomic mass is 9.95. The highest BCUT2D eigenvalue weighted by atomic mass is 35.5. The minimum atomic E-state index is -0.272. The molecular weight excluding hydrogens is 402 g/mol. The number of anilines is 1. The van der Waals surface area contributed by atoms with Crippen LogP contribution in [0.1, 0.15) is 70.2 Å². The van der Waals surface area contributed by atoms with Crippen LogP contribution in [0.2, 0.25) is 5.02 Å². The van der Waals surface area contributed by atoms with E-state index in [4.69, 9.17) is 16.3 Å². The zero-order valence-corrected chi connectivity index (χ0v) is 18.6. The predicted molar refractivity (Wildman–Crippen MR) is 120 cm³/mol. The van der Waals surface area contributed by atoms with Crippen molar-refractivity contribution in [2.24, 2.45) is 0 Å². The van der Waals surface area contributed by atoms with E-state index in [9.17, 15) is 9.59 Å². The van der Waals surface area contributed by atoms with Gasteiger partial charge in [-0.15, -0.1) is 0 Å². The summed E-state index contributed by atoms with van der Waals surface area (Å²) in [5.41, 5.74) is 3.71. The molecule has 6 nitrogen and oxygen atoms in total. The second-order valence-electron chi connectivity index (χ2n) is 7.84. The Morgan fingerprint density at radius 1 is 1.10 bits per heavy atom. The van der Waals surface area contributed by atoms with Crippen molar-refractivity contribution in [2.75, 3.05) is 25.6 Å². The van der Waals surface area contributed by atoms with Gasteiger partial charge in [0.15, 0.2) is 0 Å². The number of carbonyl (C=O) groups excluding carboxylic acids is 2. The number of hydrogen-bond acceptors (Lipinski definition) is 3. The van der Waals surface area contributed by atoms with E-state index in [1.807, 2.05) is 13.0 Å². The topological polar surface area (TPSA) is 72.4 Å². The largest absolute Gasteiger partial charge is 0.383 e. The normalized spacial score (nSPS) is 14.5. The summed E-state index contributed by atoms with van der Waals surface area (Å²) in [6, 6.07) is 7.34. The van der Waals surface area contributed by atoms with Crippen LogP contribution in [0.5, 0.6) is 0 Å². The van der Waals surface area contributed by atoms with E-state index in [-0.39, 0.29) is 16.8 Å². The Morgan fingerprint density at radius 3 is 2.50 bits per heavy atom. The highest BCUT2D eigenvalue weighted by Crippen LogP contribution is 2.32. The number of methoxy groups -OCH3 is 1. The molecule has 1 heterocycles. The van der Waals surface area contributed by atoms with Crippen LogP contribution in [0.4, 0.5) is 5.69 Å². The molecule has 1 saturated carbocycles. The fourth-order valence-corrected chi connectivity index (χ4v) is 4.51. The number of rotatable bonds is 7. The fourth-order valence-electron chi connectivity index (χ4n) is 4.25. The number of aryl methyl sites for hydroxylation is 1. The van der Waals surface area contributed by atoms with Crippen LogP contribution >= 0.6 is 11.6 Å². The van der Waals surface area contributed by atoms with Gasteiger partial charge in [0.2, 0.25) is 0 Å². The molecular formula is C23H30ClN3O3. The molecule has 2 aromatic rings. The number of halogens is 1. The van der Waals surface area contributed by atoms with Crippen molar-refractivity contribution in [3.05, 3.63) is 51.8 Å². The summed E-state index contributed by atoms with van der Waals surface area (Å²) in [6.07, 6.45) is 6.12. The highest BCUT2D eigenvalue weighted by molar-refractivity contribution is 6.34. The van der Waals surface area contributed by atoms with Crippen LogP contribution in [0.3, 0.4) is 0 Å². The van der Waals surface area contributed by atoms with Crippen LogP contribution in [-0.4, -0.2) is 36.6 Å². The zero-order valence-electron chi connectivity index (χ0n) is 17.9. The monoisotopic (exact) mass is 431 g/mol. The Labute approximate surface area is 182 Å². The Kier molecular flexibility index (Phi) is 7.56. The second-order valence-corrected chi connectivity index (χ2v) is 8.25. The Bertz CT molecular complexity index is 917. The van der Waals surface area contributed by atoms with Gasteiger partial charge in [0.05, 0.1) is 22.8 Å². The summed E-state index contributed by atoms with van der Waals surface area (Å²) in [7, 11) is 1.57. The number of ether oxygens (including phenoxy) is 1. The van der Waals surface area contributed by atoms with Crippen LogP contribution in [0, 0.1) is 13.8 Å². The molecule has 162 valence electrons. The number of hydrogen-bond donors (Lipinski definition) is 2. The van der Waals surface area contributed by atoms with Crippen molar-refractivity contribution < 1.29 is 14.3 Å². The molecule has 7 heteroatoms. The van der Waals surface area contributed by atoms with Crippen molar-refractivity contribution in [1.82, 2.24) is 9.88 Å². The average molecular weight is 432 g/mol. The summed E-state index contributed by atoms with van der Waals surface area (Å²) >= 11 is 6.28. The molecule has 0 radical (unpaired) electrons. The number of nitrogens with zero attached hydrogens (tertiary/aromatic N) is 1. The van der Waals surface area contributed by atoms with Crippen LogP contribution in [0.15, 0.2) is 24.3 Å². The fraction of sp³-hybridized carbons (Fsp3) is 0.478. The van der Waals surface area contributed by atoms with Crippen molar-refractivity contribution in [3.8, 4) is 0 Å². The van der Waals surface area contributed by atoms with Crippen LogP contribution in [-0.2, 0) is 4.74 Å². The zero-order chi connectivity index (χ0) is 21.7. The summed E-state index contributed by atoms with van der Waals surface area (Å²) in [5, 5.41) is 5.94. The first-order chi connectivity index (χ1) is 14.4. The third kappa shape index (κ3) is 5.05. The number of benzene rings is 1. The molecule has 1 aromatic heterocycles. The second kappa shape index (κ2) is 10.1. The van der Waals surface area contributed by atoms with Gasteiger partial charge in [-0.25, -0.2) is 0 Å². The molecule has 1 aliphatic rings. The van der Waals surface area contributed by atoms with Gasteiger partial charge in [-0.3, -0.25) is 9.59 Å². The molecule has 3 rings (SSSR count). The van der Waals surface area contributed by atoms with E-state index in [1.165, 1.54) is 32.1 Å². The Morgan fingerprint density at radius 2 is 1.83 bits per heavy atom. The van der Waals surface area contributed by atoms with E-state index in [0.29, 0.717) is 36.0 Å². The Balaban J connectivity index is 1.72. The predicted octanol–water partition coefficient (Wildman–Crippen LogP) is 4.89. The van der Waals surface area contributed by atoms with E-state index >= 15 is 0 Å². The first-order valence-electron chi connectivity index (χ1n) is 10.5.